The third-order valence-electron chi connectivity index (χ3n) is 1.97. The van der Waals surface area contributed by atoms with Gasteiger partial charge in [-0.05, 0) is 24.1 Å². The van der Waals surface area contributed by atoms with Crippen molar-refractivity contribution in [2.75, 3.05) is 0 Å². The second kappa shape index (κ2) is 3.39. The highest BCUT2D eigenvalue weighted by Gasteiger charge is 2.22. The SMILES string of the molecule is ClC1CC(c2ccncc2)NN1. The average molecular weight is 184 g/mol. The lowest BCUT2D eigenvalue weighted by Gasteiger charge is -2.07. The van der Waals surface area contributed by atoms with Gasteiger partial charge in [0.05, 0.1) is 5.50 Å². The van der Waals surface area contributed by atoms with Crippen LogP contribution in [0.3, 0.4) is 0 Å². The van der Waals surface area contributed by atoms with E-state index in [4.69, 9.17) is 11.6 Å². The van der Waals surface area contributed by atoms with E-state index in [1.807, 2.05) is 12.1 Å². The maximum atomic E-state index is 5.87. The molecule has 2 atom stereocenters. The summed E-state index contributed by atoms with van der Waals surface area (Å²) in [6, 6.07) is 4.30. The van der Waals surface area contributed by atoms with Crippen LogP contribution >= 0.6 is 11.6 Å². The van der Waals surface area contributed by atoms with E-state index in [0.29, 0.717) is 6.04 Å². The molecule has 3 nitrogen and oxygen atoms in total. The van der Waals surface area contributed by atoms with E-state index < -0.39 is 0 Å². The molecule has 2 unspecified atom stereocenters. The average Bonchev–Trinajstić information content (AvgIpc) is 2.54. The first-order chi connectivity index (χ1) is 5.86. The number of aromatic nitrogens is 1. The number of nitrogens with one attached hydrogen (secondary N) is 2. The topological polar surface area (TPSA) is 37.0 Å². The summed E-state index contributed by atoms with van der Waals surface area (Å²) in [5.41, 5.74) is 7.33. The summed E-state index contributed by atoms with van der Waals surface area (Å²) in [4.78, 5) is 3.95. The molecule has 0 spiro atoms. The Hall–Kier alpha value is -0.640. The van der Waals surface area contributed by atoms with Crippen molar-refractivity contribution in [3.05, 3.63) is 30.1 Å². The zero-order valence-electron chi connectivity index (χ0n) is 6.50. The molecule has 1 fully saturated rings. The number of halogens is 1. The van der Waals surface area contributed by atoms with Crippen molar-refractivity contribution < 1.29 is 0 Å². The monoisotopic (exact) mass is 183 g/mol. The fourth-order valence-corrected chi connectivity index (χ4v) is 1.57. The van der Waals surface area contributed by atoms with Crippen molar-refractivity contribution in [3.8, 4) is 0 Å². The largest absolute Gasteiger partial charge is 0.265 e. The standard InChI is InChI=1S/C8H10ClN3/c9-8-5-7(11-12-8)6-1-3-10-4-2-6/h1-4,7-8,11-12H,5H2. The van der Waals surface area contributed by atoms with Crippen molar-refractivity contribution in [1.82, 2.24) is 15.8 Å². The van der Waals surface area contributed by atoms with Gasteiger partial charge in [-0.15, -0.1) is 11.6 Å². The molecule has 0 aromatic carbocycles. The molecule has 0 amide bonds. The molecular weight excluding hydrogens is 174 g/mol. The van der Waals surface area contributed by atoms with Crippen LogP contribution in [0.5, 0.6) is 0 Å². The minimum Gasteiger partial charge on any atom is -0.265 e. The molecule has 4 heteroatoms. The Morgan fingerprint density at radius 3 is 2.67 bits per heavy atom. The van der Waals surface area contributed by atoms with E-state index in [2.05, 4.69) is 15.8 Å². The van der Waals surface area contributed by atoms with Gasteiger partial charge in [0.15, 0.2) is 0 Å². The third kappa shape index (κ3) is 1.58. The number of hydrogen-bond donors (Lipinski definition) is 2. The van der Waals surface area contributed by atoms with E-state index in [1.165, 1.54) is 5.56 Å². The fourth-order valence-electron chi connectivity index (χ4n) is 1.33. The number of nitrogens with zero attached hydrogens (tertiary/aromatic N) is 1. The molecule has 1 aromatic rings. The molecule has 64 valence electrons. The number of alkyl halides is 1. The quantitative estimate of drug-likeness (QED) is 0.507. The molecular formula is C8H10ClN3. The predicted octanol–water partition coefficient (Wildman–Crippen LogP) is 1.19. The second-order valence-electron chi connectivity index (χ2n) is 2.83. The summed E-state index contributed by atoms with van der Waals surface area (Å²) in [7, 11) is 0. The van der Waals surface area contributed by atoms with Gasteiger partial charge in [-0.1, -0.05) is 0 Å². The minimum absolute atomic E-state index is 0.0307. The molecule has 0 aliphatic carbocycles. The van der Waals surface area contributed by atoms with E-state index >= 15 is 0 Å². The molecule has 2 heterocycles. The lowest BCUT2D eigenvalue weighted by molar-refractivity contribution is 0.577. The van der Waals surface area contributed by atoms with Gasteiger partial charge >= 0.3 is 0 Å². The Morgan fingerprint density at radius 1 is 1.33 bits per heavy atom. The van der Waals surface area contributed by atoms with E-state index in [9.17, 15) is 0 Å². The van der Waals surface area contributed by atoms with Crippen LogP contribution in [0.1, 0.15) is 18.0 Å². The fraction of sp³-hybridized carbons (Fsp3) is 0.375. The Kier molecular flexibility index (Phi) is 2.26. The molecule has 2 rings (SSSR count). The van der Waals surface area contributed by atoms with Gasteiger partial charge in [-0.2, -0.15) is 0 Å². The van der Waals surface area contributed by atoms with E-state index in [0.717, 1.165) is 6.42 Å². The zero-order valence-corrected chi connectivity index (χ0v) is 7.25. The predicted molar refractivity (Wildman–Crippen MR) is 47.5 cm³/mol. The maximum Gasteiger partial charge on any atom is 0.0970 e. The molecule has 1 saturated heterocycles. The van der Waals surface area contributed by atoms with Crippen LogP contribution in [-0.2, 0) is 0 Å². The second-order valence-corrected chi connectivity index (χ2v) is 3.35. The molecule has 1 aliphatic rings. The van der Waals surface area contributed by atoms with E-state index in [-0.39, 0.29) is 5.50 Å². The van der Waals surface area contributed by atoms with Crippen molar-refractivity contribution >= 4 is 11.6 Å². The highest BCUT2D eigenvalue weighted by molar-refractivity contribution is 6.20. The Bertz CT molecular complexity index is 252. The normalized spacial score (nSPS) is 29.1. The van der Waals surface area contributed by atoms with Gasteiger partial charge in [0, 0.05) is 18.4 Å². The van der Waals surface area contributed by atoms with Crippen LogP contribution in [-0.4, -0.2) is 10.5 Å². The molecule has 0 saturated carbocycles. The highest BCUT2D eigenvalue weighted by atomic mass is 35.5. The number of rotatable bonds is 1. The van der Waals surface area contributed by atoms with Crippen LogP contribution in [0, 0.1) is 0 Å². The summed E-state index contributed by atoms with van der Waals surface area (Å²) in [5.74, 6) is 0. The van der Waals surface area contributed by atoms with Crippen LogP contribution in [0.25, 0.3) is 0 Å². The van der Waals surface area contributed by atoms with Gasteiger partial charge in [0.25, 0.3) is 0 Å². The highest BCUT2D eigenvalue weighted by Crippen LogP contribution is 2.22. The summed E-state index contributed by atoms with van der Waals surface area (Å²) in [6.07, 6.45) is 4.49. The minimum atomic E-state index is 0.0307. The summed E-state index contributed by atoms with van der Waals surface area (Å²) in [5, 5.41) is 0. The molecule has 1 aromatic heterocycles. The van der Waals surface area contributed by atoms with Crippen LogP contribution < -0.4 is 10.9 Å². The summed E-state index contributed by atoms with van der Waals surface area (Å²) >= 11 is 5.87. The number of pyridine rings is 1. The maximum absolute atomic E-state index is 5.87. The summed E-state index contributed by atoms with van der Waals surface area (Å²) in [6.45, 7) is 0. The van der Waals surface area contributed by atoms with Crippen LogP contribution in [0.2, 0.25) is 0 Å². The van der Waals surface area contributed by atoms with Crippen molar-refractivity contribution in [2.45, 2.75) is 18.0 Å². The Labute approximate surface area is 76.1 Å². The Balaban J connectivity index is 2.11. The van der Waals surface area contributed by atoms with Crippen LogP contribution in [0.4, 0.5) is 0 Å². The van der Waals surface area contributed by atoms with Crippen molar-refractivity contribution in [2.24, 2.45) is 0 Å². The zero-order chi connectivity index (χ0) is 8.39. The molecule has 0 bridgehead atoms. The van der Waals surface area contributed by atoms with E-state index in [1.54, 1.807) is 12.4 Å². The first-order valence-electron chi connectivity index (χ1n) is 3.91. The van der Waals surface area contributed by atoms with Gasteiger partial charge < -0.3 is 0 Å². The Morgan fingerprint density at radius 2 is 2.08 bits per heavy atom. The van der Waals surface area contributed by atoms with Crippen molar-refractivity contribution in [3.63, 3.8) is 0 Å². The number of hydrazine groups is 1. The van der Waals surface area contributed by atoms with Gasteiger partial charge in [-0.3, -0.25) is 4.98 Å². The van der Waals surface area contributed by atoms with Crippen molar-refractivity contribution in [1.29, 1.82) is 0 Å². The van der Waals surface area contributed by atoms with Crippen LogP contribution in [0.15, 0.2) is 24.5 Å². The molecule has 2 N–H and O–H groups in total. The molecule has 1 aliphatic heterocycles. The molecule has 0 radical (unpaired) electrons. The first-order valence-corrected chi connectivity index (χ1v) is 4.35. The number of hydrogen-bond acceptors (Lipinski definition) is 3. The summed E-state index contributed by atoms with van der Waals surface area (Å²) < 4.78 is 0. The van der Waals surface area contributed by atoms with Gasteiger partial charge in [-0.25, -0.2) is 10.9 Å². The lowest BCUT2D eigenvalue weighted by Crippen LogP contribution is -2.27. The molecule has 12 heavy (non-hydrogen) atoms. The lowest BCUT2D eigenvalue weighted by atomic mass is 10.1. The first kappa shape index (κ1) is 7.98. The third-order valence-corrected chi connectivity index (χ3v) is 2.25. The smallest absolute Gasteiger partial charge is 0.0970 e. The van der Waals surface area contributed by atoms with Gasteiger partial charge in [0.2, 0.25) is 0 Å². The van der Waals surface area contributed by atoms with Gasteiger partial charge in [0.1, 0.15) is 0 Å².